The smallest absolute Gasteiger partial charge is 0.339 e. The van der Waals surface area contributed by atoms with Gasteiger partial charge in [0.1, 0.15) is 5.75 Å². The number of hydrogen-bond donors (Lipinski definition) is 0. The molecule has 0 radical (unpaired) electrons. The number of rotatable bonds is 3. The molecule has 112 valence electrons. The maximum atomic E-state index is 11.5. The third-order valence-electron chi connectivity index (χ3n) is 3.34. The minimum atomic E-state index is -0.485. The van der Waals surface area contributed by atoms with Crippen molar-refractivity contribution in [3.63, 3.8) is 0 Å². The summed E-state index contributed by atoms with van der Waals surface area (Å²) in [6, 6.07) is 10.6. The summed E-state index contributed by atoms with van der Waals surface area (Å²) in [5.41, 5.74) is 1.91. The molecular weight excluding hydrogens is 304 g/mol. The lowest BCUT2D eigenvalue weighted by Crippen LogP contribution is -2.02. The molecule has 0 saturated heterocycles. The molecule has 0 aliphatic carbocycles. The Hall–Kier alpha value is -2.46. The Balaban J connectivity index is 1.99. The summed E-state index contributed by atoms with van der Waals surface area (Å²) >= 11 is 6.10. The van der Waals surface area contributed by atoms with Gasteiger partial charge in [-0.05, 0) is 30.7 Å². The second-order valence-electron chi connectivity index (χ2n) is 4.79. The fourth-order valence-corrected chi connectivity index (χ4v) is 2.43. The summed E-state index contributed by atoms with van der Waals surface area (Å²) in [5.74, 6) is 0.662. The molecule has 3 rings (SSSR count). The van der Waals surface area contributed by atoms with Crippen LogP contribution in [0.15, 0.2) is 47.1 Å². The molecular formula is C17H13ClO4. The lowest BCUT2D eigenvalue weighted by molar-refractivity contribution is 0.0601. The van der Waals surface area contributed by atoms with E-state index in [1.165, 1.54) is 7.11 Å². The Morgan fingerprint density at radius 3 is 2.73 bits per heavy atom. The number of methoxy groups -OCH3 is 1. The Bertz CT molecular complexity index is 851. The quantitative estimate of drug-likeness (QED) is 0.640. The summed E-state index contributed by atoms with van der Waals surface area (Å²) in [6.07, 6.45) is 1.62. The monoisotopic (exact) mass is 316 g/mol. The van der Waals surface area contributed by atoms with Crippen molar-refractivity contribution in [3.8, 4) is 11.5 Å². The molecule has 1 heterocycles. The van der Waals surface area contributed by atoms with E-state index in [4.69, 9.17) is 20.8 Å². The van der Waals surface area contributed by atoms with E-state index in [0.29, 0.717) is 22.6 Å². The number of fused-ring (bicyclic) bond motifs is 1. The Morgan fingerprint density at radius 1 is 1.18 bits per heavy atom. The standard InChI is InChI=1S/C17H13ClO4/c1-10-3-4-11-7-8-21-16(11)15(10)22-12-5-6-13(14(18)9-12)17(19)20-2/h3-9H,1-2H3. The molecule has 0 bridgehead atoms. The Morgan fingerprint density at radius 2 is 2.00 bits per heavy atom. The molecule has 1 aromatic heterocycles. The Kier molecular flexibility index (Phi) is 3.77. The van der Waals surface area contributed by atoms with Gasteiger partial charge in [0.25, 0.3) is 0 Å². The molecule has 2 aromatic carbocycles. The van der Waals surface area contributed by atoms with Crippen LogP contribution in [0, 0.1) is 6.92 Å². The van der Waals surface area contributed by atoms with E-state index in [1.807, 2.05) is 25.1 Å². The SMILES string of the molecule is COC(=O)c1ccc(Oc2c(C)ccc3ccoc23)cc1Cl. The lowest BCUT2D eigenvalue weighted by Gasteiger charge is -2.10. The van der Waals surface area contributed by atoms with Crippen molar-refractivity contribution in [1.29, 1.82) is 0 Å². The van der Waals surface area contributed by atoms with Crippen molar-refractivity contribution in [2.75, 3.05) is 7.11 Å². The van der Waals surface area contributed by atoms with E-state index in [1.54, 1.807) is 24.5 Å². The van der Waals surface area contributed by atoms with Crippen molar-refractivity contribution < 1.29 is 18.7 Å². The van der Waals surface area contributed by atoms with Crippen molar-refractivity contribution in [1.82, 2.24) is 0 Å². The zero-order valence-corrected chi connectivity index (χ0v) is 12.8. The van der Waals surface area contributed by atoms with Gasteiger partial charge in [0.05, 0.1) is 24.0 Å². The molecule has 4 nitrogen and oxygen atoms in total. The minimum Gasteiger partial charge on any atom is -0.465 e. The van der Waals surface area contributed by atoms with Crippen molar-refractivity contribution in [2.45, 2.75) is 6.92 Å². The third kappa shape index (κ3) is 2.53. The molecule has 3 aromatic rings. The summed E-state index contributed by atoms with van der Waals surface area (Å²) in [6.45, 7) is 1.93. The van der Waals surface area contributed by atoms with E-state index in [0.717, 1.165) is 10.9 Å². The zero-order chi connectivity index (χ0) is 15.7. The molecule has 0 amide bonds. The van der Waals surface area contributed by atoms with Crippen LogP contribution in [0.2, 0.25) is 5.02 Å². The van der Waals surface area contributed by atoms with Crippen molar-refractivity contribution in [3.05, 3.63) is 58.8 Å². The Labute approximate surface area is 132 Å². The summed E-state index contributed by atoms with van der Waals surface area (Å²) in [4.78, 5) is 11.5. The fraction of sp³-hybridized carbons (Fsp3) is 0.118. The van der Waals surface area contributed by atoms with Crippen LogP contribution in [-0.4, -0.2) is 13.1 Å². The maximum Gasteiger partial charge on any atom is 0.339 e. The number of benzene rings is 2. The molecule has 0 aliphatic rings. The van der Waals surface area contributed by atoms with E-state index in [2.05, 4.69) is 4.74 Å². The highest BCUT2D eigenvalue weighted by Crippen LogP contribution is 2.35. The molecule has 22 heavy (non-hydrogen) atoms. The second-order valence-corrected chi connectivity index (χ2v) is 5.19. The molecule has 5 heteroatoms. The predicted molar refractivity (Wildman–Crippen MR) is 83.8 cm³/mol. The molecule has 0 saturated carbocycles. The van der Waals surface area contributed by atoms with E-state index >= 15 is 0 Å². The van der Waals surface area contributed by atoms with Crippen LogP contribution in [0.1, 0.15) is 15.9 Å². The molecule has 0 spiro atoms. The van der Waals surface area contributed by atoms with Crippen LogP contribution in [0.5, 0.6) is 11.5 Å². The lowest BCUT2D eigenvalue weighted by atomic mass is 10.1. The van der Waals surface area contributed by atoms with Gasteiger partial charge in [0.2, 0.25) is 0 Å². The molecule has 0 unspecified atom stereocenters. The highest BCUT2D eigenvalue weighted by Gasteiger charge is 2.14. The first-order valence-electron chi connectivity index (χ1n) is 6.62. The van der Waals surface area contributed by atoms with Crippen LogP contribution in [-0.2, 0) is 4.74 Å². The molecule has 0 fully saturated rings. The average molecular weight is 317 g/mol. The zero-order valence-electron chi connectivity index (χ0n) is 12.1. The van der Waals surface area contributed by atoms with Gasteiger partial charge >= 0.3 is 5.97 Å². The van der Waals surface area contributed by atoms with Crippen LogP contribution in [0.4, 0.5) is 0 Å². The van der Waals surface area contributed by atoms with E-state index in [9.17, 15) is 4.79 Å². The van der Waals surface area contributed by atoms with Gasteiger partial charge in [0.15, 0.2) is 11.3 Å². The van der Waals surface area contributed by atoms with Gasteiger partial charge in [0, 0.05) is 11.5 Å². The first kappa shape index (κ1) is 14.5. The van der Waals surface area contributed by atoms with Crippen LogP contribution < -0.4 is 4.74 Å². The number of furan rings is 1. The molecule has 0 aliphatic heterocycles. The van der Waals surface area contributed by atoms with Crippen molar-refractivity contribution >= 4 is 28.5 Å². The summed E-state index contributed by atoms with van der Waals surface area (Å²) in [5, 5.41) is 1.23. The van der Waals surface area contributed by atoms with Gasteiger partial charge in [-0.1, -0.05) is 23.7 Å². The highest BCUT2D eigenvalue weighted by atomic mass is 35.5. The topological polar surface area (TPSA) is 48.7 Å². The largest absolute Gasteiger partial charge is 0.465 e. The maximum absolute atomic E-state index is 11.5. The van der Waals surface area contributed by atoms with E-state index < -0.39 is 5.97 Å². The van der Waals surface area contributed by atoms with Crippen LogP contribution in [0.3, 0.4) is 0 Å². The number of aryl methyl sites for hydroxylation is 1. The number of carbonyl (C=O) groups excluding carboxylic acids is 1. The minimum absolute atomic E-state index is 0.272. The number of ether oxygens (including phenoxy) is 2. The van der Waals surface area contributed by atoms with Gasteiger partial charge in [-0.3, -0.25) is 0 Å². The number of carbonyl (C=O) groups is 1. The predicted octanol–water partition coefficient (Wildman–Crippen LogP) is 4.97. The average Bonchev–Trinajstić information content (AvgIpc) is 2.98. The summed E-state index contributed by atoms with van der Waals surface area (Å²) < 4.78 is 16.0. The normalized spacial score (nSPS) is 10.7. The van der Waals surface area contributed by atoms with Gasteiger partial charge < -0.3 is 13.9 Å². The second kappa shape index (κ2) is 5.73. The number of halogens is 1. The van der Waals surface area contributed by atoms with Crippen molar-refractivity contribution in [2.24, 2.45) is 0 Å². The first-order chi connectivity index (χ1) is 10.6. The first-order valence-corrected chi connectivity index (χ1v) is 7.00. The van der Waals surface area contributed by atoms with Gasteiger partial charge in [-0.25, -0.2) is 4.79 Å². The number of esters is 1. The van der Waals surface area contributed by atoms with Gasteiger partial charge in [-0.15, -0.1) is 0 Å². The van der Waals surface area contributed by atoms with Crippen LogP contribution >= 0.6 is 11.6 Å². The number of hydrogen-bond acceptors (Lipinski definition) is 4. The highest BCUT2D eigenvalue weighted by molar-refractivity contribution is 6.33. The fourth-order valence-electron chi connectivity index (χ4n) is 2.18. The summed E-state index contributed by atoms with van der Waals surface area (Å²) in [7, 11) is 1.31. The molecule has 0 atom stereocenters. The van der Waals surface area contributed by atoms with Crippen LogP contribution in [0.25, 0.3) is 11.0 Å². The third-order valence-corrected chi connectivity index (χ3v) is 3.65. The van der Waals surface area contributed by atoms with Gasteiger partial charge in [-0.2, -0.15) is 0 Å². The van der Waals surface area contributed by atoms with E-state index in [-0.39, 0.29) is 5.02 Å². The molecule has 0 N–H and O–H groups in total.